The van der Waals surface area contributed by atoms with E-state index in [0.29, 0.717) is 11.3 Å². The number of rotatable bonds is 2. The lowest BCUT2D eigenvalue weighted by Crippen LogP contribution is -2.52. The van der Waals surface area contributed by atoms with Gasteiger partial charge in [-0.2, -0.15) is 0 Å². The number of carbonyl (C=O) groups excluding carboxylic acids is 1. The molecule has 1 aromatic rings. The van der Waals surface area contributed by atoms with Crippen molar-refractivity contribution in [2.45, 2.75) is 6.92 Å². The molecule has 1 amide bonds. The van der Waals surface area contributed by atoms with Crippen molar-refractivity contribution in [3.8, 4) is 0 Å². The Labute approximate surface area is 108 Å². The van der Waals surface area contributed by atoms with Crippen LogP contribution in [-0.4, -0.2) is 49.0 Å². The quantitative estimate of drug-likeness (QED) is 0.747. The van der Waals surface area contributed by atoms with Crippen molar-refractivity contribution in [3.63, 3.8) is 0 Å². The summed E-state index contributed by atoms with van der Waals surface area (Å²) >= 11 is 0. The van der Waals surface area contributed by atoms with Gasteiger partial charge in [-0.1, -0.05) is 12.1 Å². The highest BCUT2D eigenvalue weighted by molar-refractivity contribution is 5.99. The summed E-state index contributed by atoms with van der Waals surface area (Å²) in [5.41, 5.74) is 10.9. The van der Waals surface area contributed by atoms with Crippen molar-refractivity contribution in [3.05, 3.63) is 29.3 Å². The lowest BCUT2D eigenvalue weighted by Gasteiger charge is -2.32. The van der Waals surface area contributed by atoms with E-state index >= 15 is 0 Å². The van der Waals surface area contributed by atoms with Crippen LogP contribution in [0.1, 0.15) is 15.9 Å². The second-order valence-electron chi connectivity index (χ2n) is 4.77. The second-order valence-corrected chi connectivity index (χ2v) is 4.77. The number of nitrogens with two attached hydrogens (primary N) is 1. The highest BCUT2D eigenvalue weighted by atomic mass is 16.2. The molecule has 0 unspecified atom stereocenters. The fourth-order valence-corrected chi connectivity index (χ4v) is 2.00. The Hall–Kier alpha value is -1.59. The van der Waals surface area contributed by atoms with Gasteiger partial charge in [0.1, 0.15) is 0 Å². The summed E-state index contributed by atoms with van der Waals surface area (Å²) in [4.78, 5) is 14.4. The molecule has 0 spiro atoms. The first kappa shape index (κ1) is 12.9. The molecule has 18 heavy (non-hydrogen) atoms. The molecule has 0 atom stereocenters. The minimum Gasteiger partial charge on any atom is -0.398 e. The zero-order valence-electron chi connectivity index (χ0n) is 10.9. The van der Waals surface area contributed by atoms with Gasteiger partial charge in [0.05, 0.1) is 5.56 Å². The summed E-state index contributed by atoms with van der Waals surface area (Å²) in [6.45, 7) is 5.51. The number of hydrogen-bond donors (Lipinski definition) is 2. The van der Waals surface area contributed by atoms with E-state index in [4.69, 9.17) is 5.73 Å². The number of hydrazine groups is 1. The van der Waals surface area contributed by atoms with Gasteiger partial charge in [-0.25, -0.2) is 5.01 Å². The minimum atomic E-state index is -0.124. The molecule has 3 N–H and O–H groups in total. The summed E-state index contributed by atoms with van der Waals surface area (Å²) in [5.74, 6) is -0.124. The number of likely N-dealkylation sites (N-methyl/N-ethyl adjacent to an activating group) is 1. The van der Waals surface area contributed by atoms with Crippen LogP contribution in [0.15, 0.2) is 18.2 Å². The van der Waals surface area contributed by atoms with E-state index in [1.807, 2.05) is 24.1 Å². The Morgan fingerprint density at radius 3 is 2.61 bits per heavy atom. The maximum absolute atomic E-state index is 12.1. The Kier molecular flexibility index (Phi) is 3.84. The van der Waals surface area contributed by atoms with E-state index < -0.39 is 0 Å². The van der Waals surface area contributed by atoms with Crippen molar-refractivity contribution in [1.29, 1.82) is 0 Å². The number of benzene rings is 1. The van der Waals surface area contributed by atoms with E-state index in [9.17, 15) is 4.79 Å². The van der Waals surface area contributed by atoms with Crippen LogP contribution in [0.4, 0.5) is 5.69 Å². The molecular formula is C13H20N4O. The van der Waals surface area contributed by atoms with Gasteiger partial charge >= 0.3 is 0 Å². The van der Waals surface area contributed by atoms with Crippen molar-refractivity contribution in [1.82, 2.24) is 15.3 Å². The Balaban J connectivity index is 2.01. The Morgan fingerprint density at radius 1 is 1.28 bits per heavy atom. The zero-order valence-corrected chi connectivity index (χ0v) is 10.9. The van der Waals surface area contributed by atoms with Crippen LogP contribution >= 0.6 is 0 Å². The van der Waals surface area contributed by atoms with Crippen LogP contribution < -0.4 is 11.2 Å². The smallest absolute Gasteiger partial charge is 0.267 e. The standard InChI is InChI=1S/C13H20N4O/c1-10-4-3-5-11(12(10)14)13(18)15-17-8-6-16(2)7-9-17/h3-5H,6-9,14H2,1-2H3,(H,15,18). The largest absolute Gasteiger partial charge is 0.398 e. The Morgan fingerprint density at radius 2 is 1.94 bits per heavy atom. The van der Waals surface area contributed by atoms with Gasteiger partial charge in [0.25, 0.3) is 5.91 Å². The van der Waals surface area contributed by atoms with Crippen LogP contribution in [-0.2, 0) is 0 Å². The minimum absolute atomic E-state index is 0.124. The number of nitrogens with one attached hydrogen (secondary N) is 1. The molecule has 0 aromatic heterocycles. The Bertz CT molecular complexity index is 439. The number of carbonyl (C=O) groups is 1. The predicted octanol–water partition coefficient (Wildman–Crippen LogP) is 0.469. The zero-order chi connectivity index (χ0) is 13.1. The predicted molar refractivity (Wildman–Crippen MR) is 72.1 cm³/mol. The van der Waals surface area contributed by atoms with Gasteiger partial charge in [-0.15, -0.1) is 0 Å². The number of piperazine rings is 1. The van der Waals surface area contributed by atoms with Crippen molar-refractivity contribution >= 4 is 11.6 Å². The summed E-state index contributed by atoms with van der Waals surface area (Å²) < 4.78 is 0. The van der Waals surface area contributed by atoms with Crippen LogP contribution in [0, 0.1) is 6.92 Å². The fraction of sp³-hybridized carbons (Fsp3) is 0.462. The van der Waals surface area contributed by atoms with Gasteiger partial charge in [-0.3, -0.25) is 10.2 Å². The van der Waals surface area contributed by atoms with Gasteiger partial charge in [0, 0.05) is 31.9 Å². The van der Waals surface area contributed by atoms with Crippen molar-refractivity contribution in [2.24, 2.45) is 0 Å². The van der Waals surface area contributed by atoms with Crippen LogP contribution in [0.5, 0.6) is 0 Å². The number of amides is 1. The maximum Gasteiger partial charge on any atom is 0.267 e. The summed E-state index contributed by atoms with van der Waals surface area (Å²) in [7, 11) is 2.08. The number of para-hydroxylation sites is 1. The molecule has 0 saturated carbocycles. The first-order valence-electron chi connectivity index (χ1n) is 6.17. The van der Waals surface area contributed by atoms with E-state index in [2.05, 4.69) is 17.4 Å². The molecule has 0 radical (unpaired) electrons. The molecule has 5 nitrogen and oxygen atoms in total. The van der Waals surface area contributed by atoms with Crippen LogP contribution in [0.2, 0.25) is 0 Å². The third kappa shape index (κ3) is 2.80. The number of aryl methyl sites for hydroxylation is 1. The van der Waals surface area contributed by atoms with E-state index in [1.54, 1.807) is 6.07 Å². The molecule has 1 aromatic carbocycles. The van der Waals surface area contributed by atoms with Gasteiger partial charge in [0.2, 0.25) is 0 Å². The van der Waals surface area contributed by atoms with Gasteiger partial charge in [-0.05, 0) is 25.6 Å². The highest BCUT2D eigenvalue weighted by Crippen LogP contribution is 2.16. The third-order valence-corrected chi connectivity index (χ3v) is 3.33. The fourth-order valence-electron chi connectivity index (χ4n) is 2.00. The SMILES string of the molecule is Cc1cccc(C(=O)NN2CCN(C)CC2)c1N. The second kappa shape index (κ2) is 5.37. The topological polar surface area (TPSA) is 61.6 Å². The molecule has 98 valence electrons. The number of anilines is 1. The van der Waals surface area contributed by atoms with Crippen LogP contribution in [0.3, 0.4) is 0 Å². The molecule has 1 aliphatic heterocycles. The van der Waals surface area contributed by atoms with Gasteiger partial charge < -0.3 is 10.6 Å². The first-order chi connectivity index (χ1) is 8.58. The number of nitrogens with zero attached hydrogens (tertiary/aromatic N) is 2. The summed E-state index contributed by atoms with van der Waals surface area (Å²) in [6, 6.07) is 5.51. The van der Waals surface area contributed by atoms with E-state index in [-0.39, 0.29) is 5.91 Å². The average Bonchev–Trinajstić information content (AvgIpc) is 2.35. The third-order valence-electron chi connectivity index (χ3n) is 3.33. The highest BCUT2D eigenvalue weighted by Gasteiger charge is 2.18. The van der Waals surface area contributed by atoms with E-state index in [0.717, 1.165) is 31.7 Å². The molecule has 1 aliphatic rings. The molecule has 1 fully saturated rings. The molecule has 1 heterocycles. The molecule has 5 heteroatoms. The number of nitrogen functional groups attached to an aromatic ring is 1. The molecule has 0 aliphatic carbocycles. The molecule has 2 rings (SSSR count). The summed E-state index contributed by atoms with van der Waals surface area (Å²) in [5, 5.41) is 1.95. The van der Waals surface area contributed by atoms with Crippen molar-refractivity contribution in [2.75, 3.05) is 39.0 Å². The lowest BCUT2D eigenvalue weighted by molar-refractivity contribution is 0.0663. The number of hydrogen-bond acceptors (Lipinski definition) is 4. The lowest BCUT2D eigenvalue weighted by atomic mass is 10.1. The van der Waals surface area contributed by atoms with E-state index in [1.165, 1.54) is 0 Å². The van der Waals surface area contributed by atoms with Gasteiger partial charge in [0.15, 0.2) is 0 Å². The van der Waals surface area contributed by atoms with Crippen molar-refractivity contribution < 1.29 is 4.79 Å². The molecule has 0 bridgehead atoms. The molecular weight excluding hydrogens is 228 g/mol. The molecule has 1 saturated heterocycles. The van der Waals surface area contributed by atoms with Crippen LogP contribution in [0.25, 0.3) is 0 Å². The normalized spacial score (nSPS) is 17.7. The summed E-state index contributed by atoms with van der Waals surface area (Å²) in [6.07, 6.45) is 0. The first-order valence-corrected chi connectivity index (χ1v) is 6.17. The average molecular weight is 248 g/mol. The maximum atomic E-state index is 12.1. The monoisotopic (exact) mass is 248 g/mol.